The van der Waals surface area contributed by atoms with Gasteiger partial charge in [0, 0.05) is 6.92 Å². The van der Waals surface area contributed by atoms with E-state index in [0.717, 1.165) is 19.1 Å². The third kappa shape index (κ3) is 22.1. The lowest BCUT2D eigenvalue weighted by Crippen LogP contribution is -2.05. The molecule has 0 radical (unpaired) electrons. The molecule has 0 saturated heterocycles. The number of aliphatic carboxylic acids is 1. The highest BCUT2D eigenvalue weighted by Crippen LogP contribution is 2.31. The van der Waals surface area contributed by atoms with E-state index in [-0.39, 0.29) is 5.75 Å². The molecular formula is C22H37F3O3. The van der Waals surface area contributed by atoms with Gasteiger partial charge in [-0.3, -0.25) is 4.79 Å². The lowest BCUT2D eigenvalue weighted by atomic mass is 10.2. The second kappa shape index (κ2) is 21.3. The molecule has 1 aliphatic carbocycles. The molecule has 0 atom stereocenters. The number of rotatable bonds is 4. The molecule has 28 heavy (non-hydrogen) atoms. The standard InChI is InChI=1S/C11H11F3O.C5H10.C2H4O2.2C2H6/c1-2-3-7-15-10-6-4-5-9(8-10)11(12,13)14;1-2-4-5-3-1;1-2(3)4;2*1-2/h2,4-6,8H,1,3,7H2;1-5H2;1H3,(H,3,4);2*1-2H3. The van der Waals surface area contributed by atoms with E-state index in [2.05, 4.69) is 6.58 Å². The van der Waals surface area contributed by atoms with Gasteiger partial charge in [0.25, 0.3) is 5.97 Å². The van der Waals surface area contributed by atoms with Crippen LogP contribution in [0.5, 0.6) is 5.75 Å². The predicted octanol–water partition coefficient (Wildman–Crippen LogP) is 7.75. The minimum absolute atomic E-state index is 0.228. The van der Waals surface area contributed by atoms with Crippen LogP contribution in [0, 0.1) is 0 Å². The summed E-state index contributed by atoms with van der Waals surface area (Å²) in [7, 11) is 0. The first-order valence-corrected chi connectivity index (χ1v) is 9.88. The van der Waals surface area contributed by atoms with Crippen molar-refractivity contribution in [2.75, 3.05) is 6.61 Å². The van der Waals surface area contributed by atoms with Gasteiger partial charge in [0.05, 0.1) is 12.2 Å². The van der Waals surface area contributed by atoms with Crippen molar-refractivity contribution >= 4 is 5.97 Å². The molecule has 3 nitrogen and oxygen atoms in total. The number of hydrogen-bond acceptors (Lipinski definition) is 2. The molecule has 0 amide bonds. The van der Waals surface area contributed by atoms with Gasteiger partial charge < -0.3 is 9.84 Å². The zero-order chi connectivity index (χ0) is 22.4. The second-order valence-corrected chi connectivity index (χ2v) is 5.24. The van der Waals surface area contributed by atoms with Crippen LogP contribution in [0.3, 0.4) is 0 Å². The largest absolute Gasteiger partial charge is 0.493 e. The maximum atomic E-state index is 12.3. The Morgan fingerprint density at radius 2 is 1.54 bits per heavy atom. The minimum Gasteiger partial charge on any atom is -0.493 e. The first-order valence-electron chi connectivity index (χ1n) is 9.88. The van der Waals surface area contributed by atoms with E-state index in [1.54, 1.807) is 6.08 Å². The van der Waals surface area contributed by atoms with Crippen LogP contribution in [-0.4, -0.2) is 17.7 Å². The maximum Gasteiger partial charge on any atom is 0.416 e. The fourth-order valence-corrected chi connectivity index (χ4v) is 1.91. The van der Waals surface area contributed by atoms with Crippen molar-refractivity contribution in [3.8, 4) is 5.75 Å². The molecule has 6 heteroatoms. The normalized spacial score (nSPS) is 11.6. The van der Waals surface area contributed by atoms with Crippen LogP contribution in [0.15, 0.2) is 36.9 Å². The zero-order valence-electron chi connectivity index (χ0n) is 17.9. The number of carbonyl (C=O) groups is 1. The summed E-state index contributed by atoms with van der Waals surface area (Å²) in [5.74, 6) is -0.605. The van der Waals surface area contributed by atoms with E-state index in [1.807, 2.05) is 27.7 Å². The van der Waals surface area contributed by atoms with Crippen LogP contribution in [0.4, 0.5) is 13.2 Å². The Labute approximate surface area is 168 Å². The number of benzene rings is 1. The average Bonchev–Trinajstić information content (AvgIpc) is 3.25. The maximum absolute atomic E-state index is 12.3. The van der Waals surface area contributed by atoms with E-state index in [1.165, 1.54) is 44.2 Å². The highest BCUT2D eigenvalue weighted by atomic mass is 19.4. The summed E-state index contributed by atoms with van der Waals surface area (Å²) >= 11 is 0. The number of hydrogen-bond donors (Lipinski definition) is 1. The summed E-state index contributed by atoms with van der Waals surface area (Å²) in [4.78, 5) is 9.00. The second-order valence-electron chi connectivity index (χ2n) is 5.24. The molecule has 1 saturated carbocycles. The Balaban J connectivity index is -0.000000393. The fourth-order valence-electron chi connectivity index (χ4n) is 1.91. The molecular weight excluding hydrogens is 369 g/mol. The summed E-state index contributed by atoms with van der Waals surface area (Å²) in [5.41, 5.74) is -0.696. The number of carboxylic acid groups (broad SMARTS) is 1. The van der Waals surface area contributed by atoms with Crippen molar-refractivity contribution < 1.29 is 27.8 Å². The smallest absolute Gasteiger partial charge is 0.416 e. The molecule has 0 unspecified atom stereocenters. The van der Waals surface area contributed by atoms with Crippen molar-refractivity contribution in [1.29, 1.82) is 0 Å². The topological polar surface area (TPSA) is 46.5 Å². The molecule has 1 aromatic carbocycles. The number of carboxylic acids is 1. The van der Waals surface area contributed by atoms with Crippen molar-refractivity contribution in [3.63, 3.8) is 0 Å². The van der Waals surface area contributed by atoms with Gasteiger partial charge in [-0.2, -0.15) is 13.2 Å². The lowest BCUT2D eigenvalue weighted by Gasteiger charge is -2.09. The summed E-state index contributed by atoms with van der Waals surface area (Å²) in [6.45, 7) is 12.9. The molecule has 164 valence electrons. The zero-order valence-corrected chi connectivity index (χ0v) is 17.9. The molecule has 2 rings (SSSR count). The molecule has 0 aliphatic heterocycles. The molecule has 1 aliphatic rings. The average molecular weight is 407 g/mol. The van der Waals surface area contributed by atoms with Crippen LogP contribution in [0.2, 0.25) is 0 Å². The SMILES string of the molecule is C1CCCC1.C=CCCOc1cccc(C(F)(F)F)c1.CC.CC.CC(=O)O. The van der Waals surface area contributed by atoms with Crippen LogP contribution >= 0.6 is 0 Å². The summed E-state index contributed by atoms with van der Waals surface area (Å²) in [6, 6.07) is 4.83. The van der Waals surface area contributed by atoms with E-state index in [4.69, 9.17) is 14.6 Å². The predicted molar refractivity (Wildman–Crippen MR) is 111 cm³/mol. The van der Waals surface area contributed by atoms with E-state index in [0.29, 0.717) is 13.0 Å². The van der Waals surface area contributed by atoms with Crippen LogP contribution in [0.1, 0.15) is 78.7 Å². The first kappa shape index (κ1) is 30.7. The minimum atomic E-state index is -4.32. The number of halogens is 3. The van der Waals surface area contributed by atoms with Gasteiger partial charge in [-0.1, -0.05) is 71.9 Å². The van der Waals surface area contributed by atoms with Crippen molar-refractivity contribution in [3.05, 3.63) is 42.5 Å². The third-order valence-electron chi connectivity index (χ3n) is 3.00. The highest BCUT2D eigenvalue weighted by Gasteiger charge is 2.30. The Bertz CT molecular complexity index is 471. The Morgan fingerprint density at radius 1 is 1.11 bits per heavy atom. The Hall–Kier alpha value is -1.98. The highest BCUT2D eigenvalue weighted by molar-refractivity contribution is 5.62. The van der Waals surface area contributed by atoms with Gasteiger partial charge >= 0.3 is 6.18 Å². The lowest BCUT2D eigenvalue weighted by molar-refractivity contribution is -0.137. The third-order valence-corrected chi connectivity index (χ3v) is 3.00. The van der Waals surface area contributed by atoms with Gasteiger partial charge in [0.15, 0.2) is 0 Å². The molecule has 0 spiro atoms. The fraction of sp³-hybridized carbons (Fsp3) is 0.591. The molecule has 1 N–H and O–H groups in total. The van der Waals surface area contributed by atoms with Crippen LogP contribution in [0.25, 0.3) is 0 Å². The van der Waals surface area contributed by atoms with Gasteiger partial charge in [-0.05, 0) is 24.6 Å². The van der Waals surface area contributed by atoms with Gasteiger partial charge in [-0.25, -0.2) is 0 Å². The quantitative estimate of drug-likeness (QED) is 0.410. The number of alkyl halides is 3. The van der Waals surface area contributed by atoms with Crippen molar-refractivity contribution in [1.82, 2.24) is 0 Å². The van der Waals surface area contributed by atoms with Crippen LogP contribution < -0.4 is 4.74 Å². The summed E-state index contributed by atoms with van der Waals surface area (Å²) in [5, 5.41) is 7.42. The van der Waals surface area contributed by atoms with Crippen molar-refractivity contribution in [2.45, 2.75) is 79.3 Å². The molecule has 0 aromatic heterocycles. The Morgan fingerprint density at radius 3 is 1.89 bits per heavy atom. The van der Waals surface area contributed by atoms with E-state index in [9.17, 15) is 13.2 Å². The van der Waals surface area contributed by atoms with Crippen molar-refractivity contribution in [2.24, 2.45) is 0 Å². The number of ether oxygens (including phenoxy) is 1. The molecule has 1 fully saturated rings. The first-order chi connectivity index (χ1) is 13.3. The Kier molecular flexibility index (Phi) is 23.4. The van der Waals surface area contributed by atoms with Crippen LogP contribution in [-0.2, 0) is 11.0 Å². The van der Waals surface area contributed by atoms with E-state index >= 15 is 0 Å². The summed E-state index contributed by atoms with van der Waals surface area (Å²) < 4.78 is 42.0. The molecule has 0 bridgehead atoms. The monoisotopic (exact) mass is 406 g/mol. The van der Waals surface area contributed by atoms with Gasteiger partial charge in [-0.15, -0.1) is 6.58 Å². The van der Waals surface area contributed by atoms with Gasteiger partial charge in [0.1, 0.15) is 5.75 Å². The molecule has 0 heterocycles. The van der Waals surface area contributed by atoms with Gasteiger partial charge in [0.2, 0.25) is 0 Å². The molecule has 1 aromatic rings. The van der Waals surface area contributed by atoms with E-state index < -0.39 is 17.7 Å². The summed E-state index contributed by atoms with van der Waals surface area (Å²) in [6.07, 6.45) is 5.43.